The summed E-state index contributed by atoms with van der Waals surface area (Å²) in [4.78, 5) is 101. The standard InChI is InChI=1S/C14H16O6.C14H18O5.C12H14O4.C8H10O5/c1-6(2)13(16)18-5-10(15)19-11-7-3-8-9(4-7)14(17)20-12(8)11;1-7(2)13(15)18-4-3-17-11-8-5-9-10(6-8)14(16)19-12(9)11;1-5(2)11(13)15-9-6-3-7-8(4-6)12(14)16-10(7)9;1-5(2)7(9)11-3-6-4-12-8(10)13-6/h7-9,11-12H,1,3-5H2,2H3;8-12H,1,3-6H2,2H3;6-10H,1,3-4H2,2H3;6H,1,3-4H2,2H3. The van der Waals surface area contributed by atoms with Crippen LogP contribution in [0.2, 0.25) is 0 Å². The average molecular weight is 955 g/mol. The average Bonchev–Trinajstić information content (AvgIpc) is 4.17. The molecule has 0 radical (unpaired) electrons. The molecule has 370 valence electrons. The maximum absolute atomic E-state index is 11.7. The Balaban J connectivity index is 0.000000136. The Morgan fingerprint density at radius 1 is 0.515 bits per heavy atom. The minimum absolute atomic E-state index is 0.0113. The van der Waals surface area contributed by atoms with E-state index in [1.165, 1.54) is 6.92 Å². The van der Waals surface area contributed by atoms with Gasteiger partial charge in [0.1, 0.15) is 50.3 Å². The molecule has 0 N–H and O–H groups in total. The van der Waals surface area contributed by atoms with Crippen LogP contribution in [0.25, 0.3) is 0 Å². The van der Waals surface area contributed by atoms with Gasteiger partial charge in [0.2, 0.25) is 0 Å². The third-order valence-electron chi connectivity index (χ3n) is 14.1. The van der Waals surface area contributed by atoms with Gasteiger partial charge in [0.15, 0.2) is 12.7 Å². The van der Waals surface area contributed by atoms with Gasteiger partial charge in [-0.2, -0.15) is 0 Å². The van der Waals surface area contributed by atoms with Crippen LogP contribution >= 0.6 is 0 Å². The van der Waals surface area contributed by atoms with E-state index in [1.807, 2.05) is 0 Å². The van der Waals surface area contributed by atoms with Crippen molar-refractivity contribution in [2.45, 2.75) is 109 Å². The molecule has 6 aliphatic carbocycles. The molecule has 6 saturated carbocycles. The van der Waals surface area contributed by atoms with Crippen molar-refractivity contribution in [2.24, 2.45) is 53.3 Å². The minimum Gasteiger partial charge on any atom is -0.460 e. The monoisotopic (exact) mass is 954 g/mol. The number of hydrogen-bond acceptors (Lipinski definition) is 20. The molecule has 10 fully saturated rings. The summed E-state index contributed by atoms with van der Waals surface area (Å²) in [6.07, 6.45) is 2.82. The first-order valence-corrected chi connectivity index (χ1v) is 22.8. The predicted octanol–water partition coefficient (Wildman–Crippen LogP) is 3.37. The van der Waals surface area contributed by atoms with Gasteiger partial charge in [-0.25, -0.2) is 28.8 Å². The molecule has 16 atom stereocenters. The Hall–Kier alpha value is -6.05. The van der Waals surface area contributed by atoms with Crippen molar-refractivity contribution >= 4 is 53.9 Å². The smallest absolute Gasteiger partial charge is 0.460 e. The zero-order chi connectivity index (χ0) is 49.3. The van der Waals surface area contributed by atoms with E-state index in [0.717, 1.165) is 38.5 Å². The molecule has 4 aliphatic heterocycles. The first kappa shape index (κ1) is 49.8. The molecule has 6 bridgehead atoms. The van der Waals surface area contributed by atoms with Gasteiger partial charge < -0.3 is 52.1 Å². The van der Waals surface area contributed by atoms with Gasteiger partial charge in [-0.3, -0.25) is 14.4 Å². The Kier molecular flexibility index (Phi) is 15.1. The van der Waals surface area contributed by atoms with Crippen molar-refractivity contribution < 1.29 is 95.3 Å². The topological polar surface area (TPSA) is 255 Å². The van der Waals surface area contributed by atoms with Gasteiger partial charge in [0, 0.05) is 51.9 Å². The number of fused-ring (bicyclic) bond motifs is 3. The third kappa shape index (κ3) is 10.6. The maximum Gasteiger partial charge on any atom is 0.508 e. The van der Waals surface area contributed by atoms with E-state index in [-0.39, 0.29) is 115 Å². The van der Waals surface area contributed by atoms with Crippen LogP contribution in [-0.4, -0.2) is 130 Å². The Labute approximate surface area is 392 Å². The van der Waals surface area contributed by atoms with Crippen molar-refractivity contribution in [3.8, 4) is 0 Å². The second-order valence-corrected chi connectivity index (χ2v) is 19.1. The minimum atomic E-state index is -0.726. The van der Waals surface area contributed by atoms with E-state index in [9.17, 15) is 43.2 Å². The van der Waals surface area contributed by atoms with Crippen LogP contribution in [-0.2, 0) is 90.5 Å². The van der Waals surface area contributed by atoms with Gasteiger partial charge in [-0.15, -0.1) is 0 Å². The molecular formula is C48H58O20. The molecule has 0 spiro atoms. The molecule has 20 nitrogen and oxygen atoms in total. The molecular weight excluding hydrogens is 897 g/mol. The van der Waals surface area contributed by atoms with Crippen LogP contribution in [0.3, 0.4) is 0 Å². The summed E-state index contributed by atoms with van der Waals surface area (Å²) in [5.41, 5.74) is 1.31. The summed E-state index contributed by atoms with van der Waals surface area (Å²) in [6.45, 7) is 20.4. The quantitative estimate of drug-likeness (QED) is 0.105. The molecule has 68 heavy (non-hydrogen) atoms. The lowest BCUT2D eigenvalue weighted by Crippen LogP contribution is -2.37. The van der Waals surface area contributed by atoms with Gasteiger partial charge in [-0.05, 0) is 72.1 Å². The van der Waals surface area contributed by atoms with E-state index < -0.39 is 48.8 Å². The highest BCUT2D eigenvalue weighted by atomic mass is 16.8. The van der Waals surface area contributed by atoms with E-state index >= 15 is 0 Å². The number of cyclic esters (lactones) is 2. The molecule has 4 saturated heterocycles. The van der Waals surface area contributed by atoms with Crippen LogP contribution in [0.1, 0.15) is 66.2 Å². The number of hydrogen-bond donors (Lipinski definition) is 0. The summed E-state index contributed by atoms with van der Waals surface area (Å²) in [5.74, 6) is -0.974. The normalized spacial score (nSPS) is 35.6. The first-order valence-electron chi connectivity index (χ1n) is 22.8. The zero-order valence-electron chi connectivity index (χ0n) is 38.5. The van der Waals surface area contributed by atoms with E-state index in [1.54, 1.807) is 20.8 Å². The summed E-state index contributed by atoms with van der Waals surface area (Å²) in [6, 6.07) is 0. The highest BCUT2D eigenvalue weighted by Crippen LogP contribution is 2.57. The third-order valence-corrected chi connectivity index (χ3v) is 14.1. The number of carbonyl (C=O) groups is 9. The van der Waals surface area contributed by atoms with Crippen molar-refractivity contribution in [1.29, 1.82) is 0 Å². The highest BCUT2D eigenvalue weighted by molar-refractivity contribution is 5.89. The summed E-state index contributed by atoms with van der Waals surface area (Å²) in [7, 11) is 0. The fraction of sp³-hybridized carbons (Fsp3) is 0.646. The van der Waals surface area contributed by atoms with Crippen molar-refractivity contribution in [3.63, 3.8) is 0 Å². The lowest BCUT2D eigenvalue weighted by Gasteiger charge is -2.25. The highest BCUT2D eigenvalue weighted by Gasteiger charge is 2.65. The summed E-state index contributed by atoms with van der Waals surface area (Å²) < 4.78 is 56.0. The van der Waals surface area contributed by atoms with Crippen molar-refractivity contribution in [1.82, 2.24) is 0 Å². The van der Waals surface area contributed by atoms with Crippen molar-refractivity contribution in [2.75, 3.05) is 33.0 Å². The molecule has 0 amide bonds. The SMILES string of the molecule is C=C(C)C(=O)OC1C2CC3C(=O)OC1C3C2.C=C(C)C(=O)OCC(=O)OC1C2CC3C(=O)OC1C3C2.C=C(C)C(=O)OCC1COC(=O)O1.C=C(C)C(=O)OCCOC1C2CC3C(=O)OC1C3C2. The molecule has 4 heterocycles. The largest absolute Gasteiger partial charge is 0.508 e. The zero-order valence-corrected chi connectivity index (χ0v) is 38.5. The van der Waals surface area contributed by atoms with Crippen LogP contribution < -0.4 is 0 Å². The molecule has 16 unspecified atom stereocenters. The number of ether oxygens (including phenoxy) is 11. The Bertz CT molecular complexity index is 2140. The van der Waals surface area contributed by atoms with Gasteiger partial charge in [0.25, 0.3) is 0 Å². The van der Waals surface area contributed by atoms with Crippen LogP contribution in [0.5, 0.6) is 0 Å². The Morgan fingerprint density at radius 2 is 0.941 bits per heavy atom. The van der Waals surface area contributed by atoms with E-state index in [0.29, 0.717) is 41.1 Å². The van der Waals surface area contributed by atoms with Crippen LogP contribution in [0.4, 0.5) is 4.79 Å². The predicted molar refractivity (Wildman–Crippen MR) is 227 cm³/mol. The molecule has 10 aliphatic rings. The summed E-state index contributed by atoms with van der Waals surface area (Å²) in [5, 5.41) is 0. The number of rotatable bonds is 14. The lowest BCUT2D eigenvalue weighted by atomic mass is 9.88. The fourth-order valence-corrected chi connectivity index (χ4v) is 11.1. The lowest BCUT2D eigenvalue weighted by molar-refractivity contribution is -0.168. The number of carbonyl (C=O) groups excluding carboxylic acids is 9. The van der Waals surface area contributed by atoms with E-state index in [2.05, 4.69) is 35.8 Å². The maximum atomic E-state index is 11.7. The molecule has 10 rings (SSSR count). The van der Waals surface area contributed by atoms with Gasteiger partial charge in [-0.1, -0.05) is 26.3 Å². The van der Waals surface area contributed by atoms with Crippen LogP contribution in [0, 0.1) is 53.3 Å². The van der Waals surface area contributed by atoms with E-state index in [4.69, 9.17) is 42.6 Å². The number of esters is 8. The fourth-order valence-electron chi connectivity index (χ4n) is 11.1. The Morgan fingerprint density at radius 3 is 1.40 bits per heavy atom. The first-order chi connectivity index (χ1) is 32.2. The molecule has 0 aromatic heterocycles. The van der Waals surface area contributed by atoms with Gasteiger partial charge >= 0.3 is 53.9 Å². The second kappa shape index (κ2) is 20.7. The molecule has 0 aromatic rings. The second-order valence-electron chi connectivity index (χ2n) is 19.1. The summed E-state index contributed by atoms with van der Waals surface area (Å²) >= 11 is 0. The molecule has 20 heteroatoms. The van der Waals surface area contributed by atoms with Crippen molar-refractivity contribution in [3.05, 3.63) is 48.6 Å². The van der Waals surface area contributed by atoms with Crippen LogP contribution in [0.15, 0.2) is 48.6 Å². The van der Waals surface area contributed by atoms with Gasteiger partial charge in [0.05, 0.1) is 30.5 Å². The molecule has 0 aromatic carbocycles.